The van der Waals surface area contributed by atoms with Crippen LogP contribution in [-0.2, 0) is 11.2 Å². The number of benzene rings is 1. The normalized spacial score (nSPS) is 11.1. The van der Waals surface area contributed by atoms with Crippen molar-refractivity contribution in [2.45, 2.75) is 13.3 Å². The molecule has 1 heterocycles. The monoisotopic (exact) mass is 274 g/mol. The molecular weight excluding hydrogens is 256 g/mol. The van der Waals surface area contributed by atoms with Gasteiger partial charge in [0, 0.05) is 17.1 Å². The van der Waals surface area contributed by atoms with Crippen molar-refractivity contribution in [3.8, 4) is 0 Å². The molecule has 0 saturated heterocycles. The van der Waals surface area contributed by atoms with E-state index in [0.717, 1.165) is 28.6 Å². The zero-order valence-corrected chi connectivity index (χ0v) is 11.3. The number of hydrogen-bond acceptors (Lipinski definition) is 4. The maximum atomic E-state index is 11.1. The highest BCUT2D eigenvalue weighted by atomic mass is 16.5. The molecule has 0 atom stereocenters. The Kier molecular flexibility index (Phi) is 4.73. The number of H-pyrrole nitrogens is 1. The number of hydrogen-bond donors (Lipinski definition) is 3. The first-order valence-corrected chi connectivity index (χ1v) is 6.50. The fraction of sp³-hybridized carbons (Fsp3) is 0.286. The van der Waals surface area contributed by atoms with Crippen LogP contribution in [0, 0.1) is 0 Å². The van der Waals surface area contributed by atoms with E-state index < -0.39 is 6.09 Å². The Hall–Kier alpha value is -2.34. The van der Waals surface area contributed by atoms with E-state index in [1.165, 1.54) is 6.34 Å². The van der Waals surface area contributed by atoms with Gasteiger partial charge in [0.2, 0.25) is 0 Å². The lowest BCUT2D eigenvalue weighted by molar-refractivity contribution is 0.158. The smallest absolute Gasteiger partial charge is 0.412 e. The minimum Gasteiger partial charge on any atom is -0.450 e. The van der Waals surface area contributed by atoms with Crippen LogP contribution in [0.25, 0.3) is 10.9 Å². The van der Waals surface area contributed by atoms with Crippen molar-refractivity contribution < 1.29 is 9.53 Å². The van der Waals surface area contributed by atoms with Crippen molar-refractivity contribution >= 4 is 29.0 Å². The molecule has 0 radical (unpaired) electrons. The van der Waals surface area contributed by atoms with E-state index in [4.69, 9.17) is 10.5 Å². The van der Waals surface area contributed by atoms with Crippen LogP contribution in [0.4, 0.5) is 10.5 Å². The number of fused-ring (bicyclic) bond motifs is 1. The summed E-state index contributed by atoms with van der Waals surface area (Å²) in [7, 11) is 0. The van der Waals surface area contributed by atoms with Gasteiger partial charge in [0.1, 0.15) is 0 Å². The SMILES string of the molecule is CCOC(=O)NC=Nc1ccc2[nH]cc(CCN)c2c1. The molecule has 2 aromatic rings. The predicted molar refractivity (Wildman–Crippen MR) is 79.4 cm³/mol. The third-order valence-corrected chi connectivity index (χ3v) is 2.84. The lowest BCUT2D eigenvalue weighted by Crippen LogP contribution is -2.22. The molecule has 20 heavy (non-hydrogen) atoms. The molecular formula is C14H18N4O2. The molecule has 1 amide bonds. The summed E-state index contributed by atoms with van der Waals surface area (Å²) < 4.78 is 4.73. The van der Waals surface area contributed by atoms with Gasteiger partial charge in [-0.05, 0) is 43.7 Å². The first kappa shape index (κ1) is 14.1. The van der Waals surface area contributed by atoms with Crippen molar-refractivity contribution in [1.82, 2.24) is 10.3 Å². The van der Waals surface area contributed by atoms with E-state index >= 15 is 0 Å². The minimum atomic E-state index is -0.511. The van der Waals surface area contributed by atoms with E-state index in [2.05, 4.69) is 15.3 Å². The fourth-order valence-electron chi connectivity index (χ4n) is 1.94. The first-order chi connectivity index (χ1) is 9.74. The third kappa shape index (κ3) is 3.36. The van der Waals surface area contributed by atoms with Gasteiger partial charge in [-0.3, -0.25) is 5.32 Å². The summed E-state index contributed by atoms with van der Waals surface area (Å²) in [6.07, 6.45) is 3.59. The highest BCUT2D eigenvalue weighted by molar-refractivity contribution is 5.87. The number of rotatable bonds is 5. The molecule has 4 N–H and O–H groups in total. The molecule has 106 valence electrons. The van der Waals surface area contributed by atoms with Crippen molar-refractivity contribution in [3.63, 3.8) is 0 Å². The van der Waals surface area contributed by atoms with E-state index in [1.807, 2.05) is 24.4 Å². The minimum absolute atomic E-state index is 0.331. The molecule has 1 aromatic heterocycles. The standard InChI is InChI=1S/C14H18N4O2/c1-2-20-14(19)18-9-17-11-3-4-13-12(7-11)10(5-6-15)8-16-13/h3-4,7-9,16H,2,5-6,15H2,1H3,(H,17,18,19). The Bertz CT molecular complexity index is 619. The molecule has 6 heteroatoms. The quantitative estimate of drug-likeness (QED) is 0.575. The number of carbonyl (C=O) groups is 1. The number of alkyl carbamates (subject to hydrolysis) is 1. The summed E-state index contributed by atoms with van der Waals surface area (Å²) in [6.45, 7) is 2.68. The number of aliphatic imine (C=N–C) groups is 1. The van der Waals surface area contributed by atoms with Crippen molar-refractivity contribution in [1.29, 1.82) is 0 Å². The van der Waals surface area contributed by atoms with Crippen LogP contribution in [0.3, 0.4) is 0 Å². The zero-order valence-electron chi connectivity index (χ0n) is 11.3. The molecule has 0 fully saturated rings. The molecule has 0 aliphatic rings. The summed E-state index contributed by atoms with van der Waals surface area (Å²) in [4.78, 5) is 18.5. The molecule has 1 aromatic carbocycles. The van der Waals surface area contributed by atoms with Crippen molar-refractivity contribution in [2.24, 2.45) is 10.7 Å². The molecule has 0 aliphatic heterocycles. The Morgan fingerprint density at radius 3 is 3.15 bits per heavy atom. The second-order valence-corrected chi connectivity index (χ2v) is 4.21. The van der Waals surface area contributed by atoms with Crippen molar-refractivity contribution in [3.05, 3.63) is 30.0 Å². The summed E-state index contributed by atoms with van der Waals surface area (Å²) in [6, 6.07) is 5.78. The van der Waals surface area contributed by atoms with Crippen LogP contribution >= 0.6 is 0 Å². The van der Waals surface area contributed by atoms with Crippen LogP contribution in [0.2, 0.25) is 0 Å². The molecule has 6 nitrogen and oxygen atoms in total. The van der Waals surface area contributed by atoms with Crippen LogP contribution < -0.4 is 11.1 Å². The number of carbonyl (C=O) groups excluding carboxylic acids is 1. The summed E-state index contributed by atoms with van der Waals surface area (Å²) >= 11 is 0. The van der Waals surface area contributed by atoms with E-state index in [9.17, 15) is 4.79 Å². The van der Waals surface area contributed by atoms with Crippen LogP contribution in [0.15, 0.2) is 29.4 Å². The van der Waals surface area contributed by atoms with E-state index in [0.29, 0.717) is 13.2 Å². The Balaban J connectivity index is 2.12. The van der Waals surface area contributed by atoms with Crippen LogP contribution in [0.1, 0.15) is 12.5 Å². The van der Waals surface area contributed by atoms with E-state index in [1.54, 1.807) is 6.92 Å². The molecule has 0 bridgehead atoms. The average molecular weight is 274 g/mol. The predicted octanol–water partition coefficient (Wildman–Crippen LogP) is 2.08. The van der Waals surface area contributed by atoms with Crippen LogP contribution in [-0.4, -0.2) is 30.6 Å². The van der Waals surface area contributed by atoms with Gasteiger partial charge in [-0.1, -0.05) is 0 Å². The molecule has 0 aliphatic carbocycles. The van der Waals surface area contributed by atoms with Crippen LogP contribution in [0.5, 0.6) is 0 Å². The summed E-state index contributed by atoms with van der Waals surface area (Å²) in [5.74, 6) is 0. The van der Waals surface area contributed by atoms with Gasteiger partial charge in [0.25, 0.3) is 0 Å². The highest BCUT2D eigenvalue weighted by Crippen LogP contribution is 2.23. The number of nitrogens with one attached hydrogen (secondary N) is 2. The van der Waals surface area contributed by atoms with Crippen molar-refractivity contribution in [2.75, 3.05) is 13.2 Å². The van der Waals surface area contributed by atoms with Gasteiger partial charge in [0.05, 0.1) is 18.6 Å². The Morgan fingerprint density at radius 2 is 2.40 bits per heavy atom. The lowest BCUT2D eigenvalue weighted by atomic mass is 10.1. The topological polar surface area (TPSA) is 92.5 Å². The highest BCUT2D eigenvalue weighted by Gasteiger charge is 2.03. The van der Waals surface area contributed by atoms with Gasteiger partial charge in [-0.25, -0.2) is 9.79 Å². The molecule has 0 unspecified atom stereocenters. The van der Waals surface area contributed by atoms with Gasteiger partial charge in [-0.2, -0.15) is 0 Å². The Morgan fingerprint density at radius 1 is 1.55 bits per heavy atom. The number of aromatic nitrogens is 1. The van der Waals surface area contributed by atoms with Gasteiger partial charge in [-0.15, -0.1) is 0 Å². The fourth-order valence-corrected chi connectivity index (χ4v) is 1.94. The molecule has 0 spiro atoms. The van der Waals surface area contributed by atoms with E-state index in [-0.39, 0.29) is 0 Å². The number of amides is 1. The largest absolute Gasteiger partial charge is 0.450 e. The maximum absolute atomic E-state index is 11.1. The average Bonchev–Trinajstić information content (AvgIpc) is 2.82. The first-order valence-electron chi connectivity index (χ1n) is 6.50. The van der Waals surface area contributed by atoms with Gasteiger partial charge < -0.3 is 15.5 Å². The number of aromatic amines is 1. The van der Waals surface area contributed by atoms with Gasteiger partial charge in [0.15, 0.2) is 0 Å². The zero-order chi connectivity index (χ0) is 14.4. The second kappa shape index (κ2) is 6.72. The summed E-state index contributed by atoms with van der Waals surface area (Å²) in [5, 5.41) is 3.53. The number of nitrogens with two attached hydrogens (primary N) is 1. The maximum Gasteiger partial charge on any atom is 0.412 e. The lowest BCUT2D eigenvalue weighted by Gasteiger charge is -2.00. The third-order valence-electron chi connectivity index (χ3n) is 2.84. The number of ether oxygens (including phenoxy) is 1. The molecule has 2 rings (SSSR count). The second-order valence-electron chi connectivity index (χ2n) is 4.21. The molecule has 0 saturated carbocycles. The Labute approximate surface area is 117 Å². The van der Waals surface area contributed by atoms with Gasteiger partial charge >= 0.3 is 6.09 Å². The summed E-state index contributed by atoms with van der Waals surface area (Å²) in [5.41, 5.74) is 8.55. The number of nitrogens with zero attached hydrogens (tertiary/aromatic N) is 1.